The summed E-state index contributed by atoms with van der Waals surface area (Å²) in [5, 5.41) is 7.11. The summed E-state index contributed by atoms with van der Waals surface area (Å²) in [4.78, 5) is 0. The second kappa shape index (κ2) is 4.85. The second-order valence-electron chi connectivity index (χ2n) is 8.48. The highest BCUT2D eigenvalue weighted by Crippen LogP contribution is 2.56. The number of hydrogen-bond acceptors (Lipinski definition) is 2. The zero-order valence-electron chi connectivity index (χ0n) is 14.5. The number of hydrogen-bond donors (Lipinski definition) is 1. The maximum Gasteiger partial charge on any atom is 0.185 e. The maximum atomic E-state index is 6.39. The topological polar surface area (TPSA) is 21.3 Å². The van der Waals surface area contributed by atoms with Gasteiger partial charge in [0.25, 0.3) is 0 Å². The first kappa shape index (κ1) is 16.1. The summed E-state index contributed by atoms with van der Waals surface area (Å²) in [5.74, 6) is 0. The fraction of sp³-hybridized carbons (Fsp3) is 0.750. The predicted octanol–water partition coefficient (Wildman–Crippen LogP) is 4.37. The van der Waals surface area contributed by atoms with Gasteiger partial charge >= 0.3 is 0 Å². The van der Waals surface area contributed by atoms with E-state index in [0.29, 0.717) is 0 Å². The van der Waals surface area contributed by atoms with Crippen LogP contribution in [0, 0.1) is 0 Å². The first-order valence-electron chi connectivity index (χ1n) is 7.91. The fourth-order valence-corrected chi connectivity index (χ4v) is 8.82. The number of rotatable bonds is 5. The zero-order valence-corrected chi connectivity index (χ0v) is 16.5. The smallest absolute Gasteiger partial charge is 0.185 e. The van der Waals surface area contributed by atoms with Crippen molar-refractivity contribution >= 4 is 16.4 Å². The number of fused-ring (bicyclic) bond motifs is 1. The quantitative estimate of drug-likeness (QED) is 0.761. The molecule has 0 aromatic rings. The number of nitrogens with one attached hydrogen (secondary N) is 1. The third-order valence-electron chi connectivity index (χ3n) is 3.97. The molecule has 20 heavy (non-hydrogen) atoms. The molecule has 0 aromatic carbocycles. The minimum absolute atomic E-state index is 0.108. The van der Waals surface area contributed by atoms with Crippen LogP contribution < -0.4 is 5.32 Å². The average molecular weight is 310 g/mol. The van der Waals surface area contributed by atoms with Crippen molar-refractivity contribution < 1.29 is 4.43 Å². The third-order valence-corrected chi connectivity index (χ3v) is 9.42. The van der Waals surface area contributed by atoms with Crippen molar-refractivity contribution in [3.05, 3.63) is 22.2 Å². The van der Waals surface area contributed by atoms with Gasteiger partial charge in [0.15, 0.2) is 8.32 Å². The predicted molar refractivity (Wildman–Crippen MR) is 92.9 cm³/mol. The highest BCUT2D eigenvalue weighted by atomic mass is 28.4. The van der Waals surface area contributed by atoms with Crippen molar-refractivity contribution in [2.45, 2.75) is 78.0 Å². The van der Waals surface area contributed by atoms with Crippen LogP contribution in [0.5, 0.6) is 0 Å². The van der Waals surface area contributed by atoms with E-state index in [1.807, 2.05) is 0 Å². The van der Waals surface area contributed by atoms with E-state index < -0.39 is 16.4 Å². The summed E-state index contributed by atoms with van der Waals surface area (Å²) < 4.78 is 6.39. The molecule has 1 saturated heterocycles. The molecule has 2 rings (SSSR count). The Bertz CT molecular complexity index is 468. The van der Waals surface area contributed by atoms with Crippen molar-refractivity contribution in [3.8, 4) is 0 Å². The fourth-order valence-electron chi connectivity index (χ4n) is 3.30. The summed E-state index contributed by atoms with van der Waals surface area (Å²) in [5.41, 5.74) is 1.51. The van der Waals surface area contributed by atoms with Gasteiger partial charge in [0.05, 0.1) is 0 Å². The molecule has 1 aliphatic heterocycles. The molecule has 0 radical (unpaired) electrons. The van der Waals surface area contributed by atoms with Gasteiger partial charge in [-0.3, -0.25) is 0 Å². The average Bonchev–Trinajstić information content (AvgIpc) is 2.58. The van der Waals surface area contributed by atoms with E-state index in [4.69, 9.17) is 4.43 Å². The summed E-state index contributed by atoms with van der Waals surface area (Å²) in [6.45, 7) is 18.4. The van der Waals surface area contributed by atoms with Crippen LogP contribution in [0.2, 0.25) is 32.2 Å². The third kappa shape index (κ3) is 3.12. The van der Waals surface area contributed by atoms with Crippen LogP contribution in [0.4, 0.5) is 0 Å². The van der Waals surface area contributed by atoms with E-state index in [9.17, 15) is 0 Å². The minimum atomic E-state index is -1.52. The second-order valence-corrected chi connectivity index (χ2v) is 17.1. The first-order valence-corrected chi connectivity index (χ1v) is 14.0. The van der Waals surface area contributed by atoms with Gasteiger partial charge in [0.1, 0.15) is 14.2 Å². The highest BCUT2D eigenvalue weighted by molar-refractivity contribution is 7.07. The monoisotopic (exact) mass is 309 g/mol. The molecular formula is C16H31NOSi2. The van der Waals surface area contributed by atoms with Gasteiger partial charge in [0, 0.05) is 11.2 Å². The van der Waals surface area contributed by atoms with Crippen molar-refractivity contribution in [3.63, 3.8) is 0 Å². The molecule has 1 fully saturated rings. The zero-order chi connectivity index (χ0) is 15.3. The van der Waals surface area contributed by atoms with Crippen molar-refractivity contribution in [1.29, 1.82) is 0 Å². The molecule has 2 unspecified atom stereocenters. The van der Waals surface area contributed by atoms with E-state index in [2.05, 4.69) is 65.3 Å². The van der Waals surface area contributed by atoms with Crippen LogP contribution in [0.25, 0.3) is 0 Å². The normalized spacial score (nSPS) is 29.4. The van der Waals surface area contributed by atoms with E-state index in [1.165, 1.54) is 18.2 Å². The molecular weight excluding hydrogens is 278 g/mol. The van der Waals surface area contributed by atoms with Crippen LogP contribution in [-0.2, 0) is 4.43 Å². The van der Waals surface area contributed by atoms with Gasteiger partial charge in [0.2, 0.25) is 0 Å². The van der Waals surface area contributed by atoms with Gasteiger partial charge in [-0.2, -0.15) is 0 Å². The van der Waals surface area contributed by atoms with Crippen LogP contribution in [0.15, 0.2) is 22.2 Å². The molecule has 0 aromatic heterocycles. The Balaban J connectivity index is 2.26. The van der Waals surface area contributed by atoms with Crippen LogP contribution >= 0.6 is 0 Å². The van der Waals surface area contributed by atoms with Gasteiger partial charge in [-0.05, 0) is 51.7 Å². The first-order chi connectivity index (χ1) is 8.98. The summed E-state index contributed by atoms with van der Waals surface area (Å²) in [6, 6.07) is 1.39. The molecule has 2 aliphatic rings. The standard InChI is InChI=1S/C16H31NOSi2/c1-9-10-20(8)13-11-12(18-19(5,6)7)14(15(13)20)17-16(2,3)4/h11-12,17H,9-10H2,1-8H3. The Hall–Kier alpha value is -0.326. The Morgan fingerprint density at radius 3 is 2.35 bits per heavy atom. The molecule has 2 atom stereocenters. The molecule has 114 valence electrons. The maximum absolute atomic E-state index is 6.39. The molecule has 4 heteroatoms. The van der Waals surface area contributed by atoms with Crippen LogP contribution in [0.1, 0.15) is 34.1 Å². The SMILES string of the molecule is CCC[Si]1(C)C2=CC(O[Si](C)(C)C)C(NC(C)(C)C)=C21. The lowest BCUT2D eigenvalue weighted by atomic mass is 10.1. The van der Waals surface area contributed by atoms with Crippen LogP contribution in [-0.4, -0.2) is 28.0 Å². The molecule has 1 aliphatic carbocycles. The number of allylic oxidation sites excluding steroid dienone is 2. The van der Waals surface area contributed by atoms with E-state index in [-0.39, 0.29) is 11.6 Å². The van der Waals surface area contributed by atoms with E-state index >= 15 is 0 Å². The molecule has 2 nitrogen and oxygen atoms in total. The summed E-state index contributed by atoms with van der Waals surface area (Å²) in [7, 11) is -2.74. The molecule has 1 N–H and O–H groups in total. The molecule has 0 bridgehead atoms. The molecule has 0 saturated carbocycles. The lowest BCUT2D eigenvalue weighted by molar-refractivity contribution is 0.259. The lowest BCUT2D eigenvalue weighted by Gasteiger charge is -2.31. The molecule has 0 amide bonds. The Kier molecular flexibility index (Phi) is 3.89. The molecule has 1 heterocycles. The van der Waals surface area contributed by atoms with Gasteiger partial charge < -0.3 is 9.74 Å². The van der Waals surface area contributed by atoms with Gasteiger partial charge in [-0.25, -0.2) is 0 Å². The van der Waals surface area contributed by atoms with Gasteiger partial charge in [-0.1, -0.05) is 31.2 Å². The van der Waals surface area contributed by atoms with E-state index in [1.54, 1.807) is 10.4 Å². The van der Waals surface area contributed by atoms with E-state index in [0.717, 1.165) is 0 Å². The Morgan fingerprint density at radius 1 is 1.30 bits per heavy atom. The van der Waals surface area contributed by atoms with Crippen molar-refractivity contribution in [2.75, 3.05) is 0 Å². The highest BCUT2D eigenvalue weighted by Gasteiger charge is 2.58. The summed E-state index contributed by atoms with van der Waals surface area (Å²) in [6.07, 6.45) is 3.93. The van der Waals surface area contributed by atoms with Gasteiger partial charge in [-0.15, -0.1) is 0 Å². The Labute approximate surface area is 126 Å². The lowest BCUT2D eigenvalue weighted by Crippen LogP contribution is -2.42. The largest absolute Gasteiger partial charge is 0.406 e. The summed E-state index contributed by atoms with van der Waals surface area (Å²) >= 11 is 0. The van der Waals surface area contributed by atoms with Crippen molar-refractivity contribution in [1.82, 2.24) is 5.32 Å². The van der Waals surface area contributed by atoms with Crippen LogP contribution in [0.3, 0.4) is 0 Å². The Morgan fingerprint density at radius 2 is 1.90 bits per heavy atom. The minimum Gasteiger partial charge on any atom is -0.406 e. The van der Waals surface area contributed by atoms with Crippen molar-refractivity contribution in [2.24, 2.45) is 0 Å². The molecule has 0 spiro atoms.